The molecule has 100 valence electrons. The smallest absolute Gasteiger partial charge is 0.312 e. The SMILES string of the molecule is CCCC1CCC(c2noc(CC(=O)O)n2)CC1. The highest BCUT2D eigenvalue weighted by molar-refractivity contribution is 5.68. The molecule has 1 saturated carbocycles. The molecule has 1 heterocycles. The molecule has 1 aliphatic rings. The van der Waals surface area contributed by atoms with Crippen LogP contribution in [0.2, 0.25) is 0 Å². The van der Waals surface area contributed by atoms with E-state index in [2.05, 4.69) is 17.1 Å². The minimum Gasteiger partial charge on any atom is -0.481 e. The Hall–Kier alpha value is -1.39. The molecule has 1 N–H and O–H groups in total. The molecule has 0 amide bonds. The van der Waals surface area contributed by atoms with E-state index in [0.717, 1.165) is 18.8 Å². The number of aliphatic carboxylic acids is 1. The normalized spacial score (nSPS) is 24.1. The van der Waals surface area contributed by atoms with Crippen LogP contribution in [0, 0.1) is 5.92 Å². The molecule has 18 heavy (non-hydrogen) atoms. The first-order valence-electron chi connectivity index (χ1n) is 6.73. The molecule has 0 unspecified atom stereocenters. The standard InChI is InChI=1S/C13H20N2O3/c1-2-3-9-4-6-10(7-5-9)13-14-11(18-15-13)8-12(16)17/h9-10H,2-8H2,1H3,(H,16,17). The third-order valence-electron chi connectivity index (χ3n) is 3.70. The summed E-state index contributed by atoms with van der Waals surface area (Å²) < 4.78 is 4.96. The number of aromatic nitrogens is 2. The van der Waals surface area contributed by atoms with Crippen molar-refractivity contribution in [2.45, 2.75) is 57.8 Å². The number of hydrogen-bond donors (Lipinski definition) is 1. The van der Waals surface area contributed by atoms with Crippen LogP contribution in [0.5, 0.6) is 0 Å². The minimum absolute atomic E-state index is 0.182. The van der Waals surface area contributed by atoms with Gasteiger partial charge in [0.2, 0.25) is 5.89 Å². The molecule has 0 aliphatic heterocycles. The molecule has 1 aliphatic carbocycles. The Morgan fingerprint density at radius 1 is 1.39 bits per heavy atom. The molecule has 0 aromatic carbocycles. The first kappa shape index (κ1) is 13.1. The maximum atomic E-state index is 10.5. The van der Waals surface area contributed by atoms with Crippen LogP contribution >= 0.6 is 0 Å². The lowest BCUT2D eigenvalue weighted by Crippen LogP contribution is -2.14. The number of carbonyl (C=O) groups is 1. The van der Waals surface area contributed by atoms with Crippen LogP contribution in [-0.2, 0) is 11.2 Å². The van der Waals surface area contributed by atoms with Crippen LogP contribution in [0.4, 0.5) is 0 Å². The van der Waals surface area contributed by atoms with E-state index < -0.39 is 5.97 Å². The zero-order chi connectivity index (χ0) is 13.0. The van der Waals surface area contributed by atoms with Gasteiger partial charge in [0.15, 0.2) is 5.82 Å². The molecule has 0 bridgehead atoms. The fraction of sp³-hybridized carbons (Fsp3) is 0.769. The molecule has 1 fully saturated rings. The summed E-state index contributed by atoms with van der Waals surface area (Å²) in [5.74, 6) is 1.17. The number of hydrogen-bond acceptors (Lipinski definition) is 4. The molecule has 0 atom stereocenters. The summed E-state index contributed by atoms with van der Waals surface area (Å²) in [7, 11) is 0. The van der Waals surface area contributed by atoms with Gasteiger partial charge in [-0.15, -0.1) is 0 Å². The Bertz CT molecular complexity index is 395. The van der Waals surface area contributed by atoms with Crippen molar-refractivity contribution < 1.29 is 14.4 Å². The van der Waals surface area contributed by atoms with E-state index in [1.54, 1.807) is 0 Å². The Kier molecular flexibility index (Phi) is 4.33. The molecular formula is C13H20N2O3. The Labute approximate surface area is 107 Å². The predicted molar refractivity (Wildman–Crippen MR) is 65.2 cm³/mol. The van der Waals surface area contributed by atoms with Gasteiger partial charge in [0.05, 0.1) is 0 Å². The van der Waals surface area contributed by atoms with Gasteiger partial charge in [0.1, 0.15) is 6.42 Å². The lowest BCUT2D eigenvalue weighted by Gasteiger charge is -2.26. The molecule has 2 rings (SSSR count). The van der Waals surface area contributed by atoms with Gasteiger partial charge in [-0.3, -0.25) is 4.79 Å². The molecule has 0 spiro atoms. The number of nitrogens with zero attached hydrogens (tertiary/aromatic N) is 2. The van der Waals surface area contributed by atoms with E-state index >= 15 is 0 Å². The largest absolute Gasteiger partial charge is 0.481 e. The lowest BCUT2D eigenvalue weighted by atomic mass is 9.80. The Morgan fingerprint density at radius 2 is 2.11 bits per heavy atom. The van der Waals surface area contributed by atoms with Gasteiger partial charge in [0, 0.05) is 5.92 Å². The maximum absolute atomic E-state index is 10.5. The molecule has 1 aromatic rings. The van der Waals surface area contributed by atoms with E-state index in [9.17, 15) is 4.79 Å². The van der Waals surface area contributed by atoms with Crippen LogP contribution < -0.4 is 0 Å². The highest BCUT2D eigenvalue weighted by atomic mass is 16.5. The van der Waals surface area contributed by atoms with Crippen LogP contribution in [0.15, 0.2) is 4.52 Å². The molecule has 1 aromatic heterocycles. The zero-order valence-corrected chi connectivity index (χ0v) is 10.8. The van der Waals surface area contributed by atoms with E-state index in [1.807, 2.05) is 0 Å². The van der Waals surface area contributed by atoms with Crippen LogP contribution in [-0.4, -0.2) is 21.2 Å². The molecule has 0 saturated heterocycles. The quantitative estimate of drug-likeness (QED) is 0.872. The van der Waals surface area contributed by atoms with Gasteiger partial charge in [-0.25, -0.2) is 0 Å². The second-order valence-electron chi connectivity index (χ2n) is 5.12. The molecule has 0 radical (unpaired) electrons. The van der Waals surface area contributed by atoms with E-state index in [0.29, 0.717) is 11.7 Å². The highest BCUT2D eigenvalue weighted by Crippen LogP contribution is 2.36. The van der Waals surface area contributed by atoms with Crippen molar-refractivity contribution in [3.05, 3.63) is 11.7 Å². The molecular weight excluding hydrogens is 232 g/mol. The summed E-state index contributed by atoms with van der Waals surface area (Å²) in [6.07, 6.45) is 7.01. The lowest BCUT2D eigenvalue weighted by molar-refractivity contribution is -0.136. The Balaban J connectivity index is 1.89. The van der Waals surface area contributed by atoms with Gasteiger partial charge in [0.25, 0.3) is 0 Å². The van der Waals surface area contributed by atoms with Crippen molar-refractivity contribution in [2.75, 3.05) is 0 Å². The highest BCUT2D eigenvalue weighted by Gasteiger charge is 2.25. The summed E-state index contributed by atoms with van der Waals surface area (Å²) >= 11 is 0. The van der Waals surface area contributed by atoms with E-state index in [4.69, 9.17) is 9.63 Å². The van der Waals surface area contributed by atoms with Crippen LogP contribution in [0.1, 0.15) is 63.1 Å². The molecule has 5 heteroatoms. The van der Waals surface area contributed by atoms with Gasteiger partial charge in [-0.05, 0) is 31.6 Å². The first-order valence-corrected chi connectivity index (χ1v) is 6.73. The fourth-order valence-corrected chi connectivity index (χ4v) is 2.75. The summed E-state index contributed by atoms with van der Waals surface area (Å²) in [5.41, 5.74) is 0. The Morgan fingerprint density at radius 3 is 2.72 bits per heavy atom. The summed E-state index contributed by atoms with van der Waals surface area (Å²) in [4.78, 5) is 14.7. The first-order chi connectivity index (χ1) is 8.69. The fourth-order valence-electron chi connectivity index (χ4n) is 2.75. The van der Waals surface area contributed by atoms with Crippen molar-refractivity contribution in [2.24, 2.45) is 5.92 Å². The van der Waals surface area contributed by atoms with Gasteiger partial charge < -0.3 is 9.63 Å². The van der Waals surface area contributed by atoms with Gasteiger partial charge in [-0.2, -0.15) is 4.98 Å². The van der Waals surface area contributed by atoms with E-state index in [-0.39, 0.29) is 12.3 Å². The van der Waals surface area contributed by atoms with Crippen LogP contribution in [0.3, 0.4) is 0 Å². The van der Waals surface area contributed by atoms with Crippen molar-refractivity contribution >= 4 is 5.97 Å². The third-order valence-corrected chi connectivity index (χ3v) is 3.70. The monoisotopic (exact) mass is 252 g/mol. The van der Waals surface area contributed by atoms with Crippen LogP contribution in [0.25, 0.3) is 0 Å². The van der Waals surface area contributed by atoms with Crippen molar-refractivity contribution in [1.82, 2.24) is 10.1 Å². The topological polar surface area (TPSA) is 76.2 Å². The molecule has 5 nitrogen and oxygen atoms in total. The van der Waals surface area contributed by atoms with Crippen molar-refractivity contribution in [3.8, 4) is 0 Å². The minimum atomic E-state index is -0.933. The van der Waals surface area contributed by atoms with Crippen molar-refractivity contribution in [3.63, 3.8) is 0 Å². The van der Waals surface area contributed by atoms with Gasteiger partial charge in [-0.1, -0.05) is 24.9 Å². The summed E-state index contributed by atoms with van der Waals surface area (Å²) in [6.45, 7) is 2.23. The van der Waals surface area contributed by atoms with Crippen molar-refractivity contribution in [1.29, 1.82) is 0 Å². The maximum Gasteiger partial charge on any atom is 0.312 e. The average molecular weight is 252 g/mol. The summed E-state index contributed by atoms with van der Waals surface area (Å²) in [6, 6.07) is 0. The van der Waals surface area contributed by atoms with E-state index in [1.165, 1.54) is 25.7 Å². The second-order valence-corrected chi connectivity index (χ2v) is 5.12. The number of carboxylic acids is 1. The number of carboxylic acid groups (broad SMARTS) is 1. The zero-order valence-electron chi connectivity index (χ0n) is 10.8. The summed E-state index contributed by atoms with van der Waals surface area (Å²) in [5, 5.41) is 12.6. The predicted octanol–water partition coefficient (Wildman–Crippen LogP) is 2.77. The second kappa shape index (κ2) is 5.98. The number of rotatable bonds is 5. The van der Waals surface area contributed by atoms with Gasteiger partial charge >= 0.3 is 5.97 Å². The third kappa shape index (κ3) is 3.31. The average Bonchev–Trinajstić information content (AvgIpc) is 2.78.